The van der Waals surface area contributed by atoms with Gasteiger partial charge in [0.2, 0.25) is 5.91 Å². The molecule has 1 N–H and O–H groups in total. The van der Waals surface area contributed by atoms with Crippen LogP contribution in [-0.4, -0.2) is 26.7 Å². The van der Waals surface area contributed by atoms with E-state index < -0.39 is 0 Å². The SMILES string of the molecule is COc1ccc(CC(=O)NCC(OC)c2ccsc2)cc1. The van der Waals surface area contributed by atoms with E-state index in [0.717, 1.165) is 16.9 Å². The molecule has 0 radical (unpaired) electrons. The molecule has 21 heavy (non-hydrogen) atoms. The zero-order valence-electron chi connectivity index (χ0n) is 12.2. The van der Waals surface area contributed by atoms with Crippen LogP contribution in [0.3, 0.4) is 0 Å². The highest BCUT2D eigenvalue weighted by Gasteiger charge is 2.12. The fraction of sp³-hybridized carbons (Fsp3) is 0.312. The van der Waals surface area contributed by atoms with E-state index in [1.165, 1.54) is 0 Å². The quantitative estimate of drug-likeness (QED) is 0.855. The maximum Gasteiger partial charge on any atom is 0.224 e. The van der Waals surface area contributed by atoms with Gasteiger partial charge in [0.1, 0.15) is 11.9 Å². The number of amides is 1. The van der Waals surface area contributed by atoms with Crippen molar-refractivity contribution in [3.05, 3.63) is 52.2 Å². The van der Waals surface area contributed by atoms with Crippen LogP contribution in [0.2, 0.25) is 0 Å². The second-order valence-corrected chi connectivity index (χ2v) is 5.39. The maximum absolute atomic E-state index is 12.0. The Morgan fingerprint density at radius 3 is 2.57 bits per heavy atom. The minimum Gasteiger partial charge on any atom is -0.497 e. The van der Waals surface area contributed by atoms with Gasteiger partial charge in [-0.2, -0.15) is 11.3 Å². The summed E-state index contributed by atoms with van der Waals surface area (Å²) in [6, 6.07) is 9.50. The number of carbonyl (C=O) groups excluding carboxylic acids is 1. The first-order valence-corrected chi connectivity index (χ1v) is 7.61. The number of benzene rings is 1. The van der Waals surface area contributed by atoms with E-state index in [1.807, 2.05) is 41.1 Å². The van der Waals surface area contributed by atoms with Gasteiger partial charge in [0.05, 0.1) is 13.5 Å². The lowest BCUT2D eigenvalue weighted by Crippen LogP contribution is -2.30. The van der Waals surface area contributed by atoms with Gasteiger partial charge in [0, 0.05) is 13.7 Å². The number of thiophene rings is 1. The Balaban J connectivity index is 1.83. The minimum absolute atomic E-state index is 0.0163. The summed E-state index contributed by atoms with van der Waals surface area (Å²) in [5.41, 5.74) is 2.05. The monoisotopic (exact) mass is 305 g/mol. The van der Waals surface area contributed by atoms with Crippen molar-refractivity contribution in [2.45, 2.75) is 12.5 Å². The van der Waals surface area contributed by atoms with Gasteiger partial charge in [0.15, 0.2) is 0 Å². The molecule has 0 aliphatic carbocycles. The van der Waals surface area contributed by atoms with E-state index in [1.54, 1.807) is 25.6 Å². The Morgan fingerprint density at radius 1 is 1.24 bits per heavy atom. The van der Waals surface area contributed by atoms with Crippen molar-refractivity contribution < 1.29 is 14.3 Å². The van der Waals surface area contributed by atoms with Gasteiger partial charge in [-0.15, -0.1) is 0 Å². The number of methoxy groups -OCH3 is 2. The number of carbonyl (C=O) groups is 1. The summed E-state index contributed by atoms with van der Waals surface area (Å²) in [6.07, 6.45) is 0.250. The van der Waals surface area contributed by atoms with Gasteiger partial charge in [-0.1, -0.05) is 12.1 Å². The number of hydrogen-bond acceptors (Lipinski definition) is 4. The molecule has 0 aliphatic heterocycles. The molecule has 1 aromatic carbocycles. The highest BCUT2D eigenvalue weighted by Crippen LogP contribution is 2.18. The third kappa shape index (κ3) is 4.58. The Morgan fingerprint density at radius 2 is 2.00 bits per heavy atom. The van der Waals surface area contributed by atoms with Crippen LogP contribution in [-0.2, 0) is 16.0 Å². The topological polar surface area (TPSA) is 47.6 Å². The molecule has 0 fully saturated rings. The van der Waals surface area contributed by atoms with Gasteiger partial charge >= 0.3 is 0 Å². The first-order chi connectivity index (χ1) is 10.2. The van der Waals surface area contributed by atoms with Crippen LogP contribution in [0.15, 0.2) is 41.1 Å². The molecule has 2 aromatic rings. The summed E-state index contributed by atoms with van der Waals surface area (Å²) in [4.78, 5) is 12.0. The summed E-state index contributed by atoms with van der Waals surface area (Å²) in [5.74, 6) is 0.772. The first kappa shape index (κ1) is 15.5. The zero-order valence-corrected chi connectivity index (χ0v) is 13.0. The van der Waals surface area contributed by atoms with Crippen LogP contribution in [0.5, 0.6) is 5.75 Å². The second-order valence-electron chi connectivity index (χ2n) is 4.61. The largest absolute Gasteiger partial charge is 0.497 e. The highest BCUT2D eigenvalue weighted by molar-refractivity contribution is 7.07. The van der Waals surface area contributed by atoms with Gasteiger partial charge in [-0.25, -0.2) is 0 Å². The molecule has 5 heteroatoms. The standard InChI is InChI=1S/C16H19NO3S/c1-19-14-5-3-12(4-6-14)9-16(18)17-10-15(20-2)13-7-8-21-11-13/h3-8,11,15H,9-10H2,1-2H3,(H,17,18). The van der Waals surface area contributed by atoms with Crippen molar-refractivity contribution in [1.82, 2.24) is 5.32 Å². The maximum atomic E-state index is 12.0. The van der Waals surface area contributed by atoms with E-state index in [9.17, 15) is 4.79 Å². The van der Waals surface area contributed by atoms with Crippen LogP contribution in [0.4, 0.5) is 0 Å². The minimum atomic E-state index is -0.101. The molecular weight excluding hydrogens is 286 g/mol. The molecule has 1 aromatic heterocycles. The van der Waals surface area contributed by atoms with Crippen molar-refractivity contribution in [3.8, 4) is 5.75 Å². The van der Waals surface area contributed by atoms with E-state index in [2.05, 4.69) is 5.32 Å². The third-order valence-corrected chi connectivity index (χ3v) is 3.91. The number of nitrogens with one attached hydrogen (secondary N) is 1. The zero-order chi connectivity index (χ0) is 15.1. The molecule has 1 heterocycles. The molecule has 4 nitrogen and oxygen atoms in total. The lowest BCUT2D eigenvalue weighted by molar-refractivity contribution is -0.121. The van der Waals surface area contributed by atoms with Crippen LogP contribution in [0, 0.1) is 0 Å². The smallest absolute Gasteiger partial charge is 0.224 e. The molecule has 1 atom stereocenters. The van der Waals surface area contributed by atoms with Gasteiger partial charge in [-0.3, -0.25) is 4.79 Å². The third-order valence-electron chi connectivity index (χ3n) is 3.21. The molecular formula is C16H19NO3S. The van der Waals surface area contributed by atoms with E-state index in [0.29, 0.717) is 13.0 Å². The van der Waals surface area contributed by atoms with Crippen LogP contribution >= 0.6 is 11.3 Å². The molecule has 2 rings (SSSR count). The summed E-state index contributed by atoms with van der Waals surface area (Å²) in [5, 5.41) is 6.94. The summed E-state index contributed by atoms with van der Waals surface area (Å²) < 4.78 is 10.5. The number of ether oxygens (including phenoxy) is 2. The van der Waals surface area contributed by atoms with Gasteiger partial charge < -0.3 is 14.8 Å². The van der Waals surface area contributed by atoms with Crippen molar-refractivity contribution in [2.75, 3.05) is 20.8 Å². The Hall–Kier alpha value is -1.85. The molecule has 0 spiro atoms. The highest BCUT2D eigenvalue weighted by atomic mass is 32.1. The average Bonchev–Trinajstić information content (AvgIpc) is 3.03. The predicted molar refractivity (Wildman–Crippen MR) is 83.8 cm³/mol. The number of hydrogen-bond donors (Lipinski definition) is 1. The van der Waals surface area contributed by atoms with E-state index in [-0.39, 0.29) is 12.0 Å². The van der Waals surface area contributed by atoms with E-state index >= 15 is 0 Å². The fourth-order valence-electron chi connectivity index (χ4n) is 1.99. The van der Waals surface area contributed by atoms with Crippen molar-refractivity contribution in [2.24, 2.45) is 0 Å². The van der Waals surface area contributed by atoms with Crippen LogP contribution in [0.1, 0.15) is 17.2 Å². The molecule has 0 bridgehead atoms. The van der Waals surface area contributed by atoms with Crippen molar-refractivity contribution in [3.63, 3.8) is 0 Å². The normalized spacial score (nSPS) is 11.9. The van der Waals surface area contributed by atoms with Gasteiger partial charge in [0.25, 0.3) is 0 Å². The molecule has 0 aliphatic rings. The van der Waals surface area contributed by atoms with E-state index in [4.69, 9.17) is 9.47 Å². The summed E-state index contributed by atoms with van der Waals surface area (Å²) in [6.45, 7) is 0.474. The van der Waals surface area contributed by atoms with Gasteiger partial charge in [-0.05, 0) is 40.1 Å². The Labute approximate surface area is 128 Å². The molecule has 112 valence electrons. The summed E-state index contributed by atoms with van der Waals surface area (Å²) in [7, 11) is 3.27. The molecule has 1 amide bonds. The van der Waals surface area contributed by atoms with Crippen LogP contribution in [0.25, 0.3) is 0 Å². The molecule has 0 saturated heterocycles. The fourth-order valence-corrected chi connectivity index (χ4v) is 2.70. The number of rotatable bonds is 7. The lowest BCUT2D eigenvalue weighted by Gasteiger charge is -2.15. The summed E-state index contributed by atoms with van der Waals surface area (Å²) >= 11 is 1.62. The van der Waals surface area contributed by atoms with Crippen molar-refractivity contribution >= 4 is 17.2 Å². The average molecular weight is 305 g/mol. The predicted octanol–water partition coefficient (Wildman–Crippen LogP) is 2.80. The molecule has 1 unspecified atom stereocenters. The van der Waals surface area contributed by atoms with Crippen molar-refractivity contribution in [1.29, 1.82) is 0 Å². The lowest BCUT2D eigenvalue weighted by atomic mass is 10.1. The Kier molecular flexibility index (Phi) is 5.78. The second kappa shape index (κ2) is 7.81. The first-order valence-electron chi connectivity index (χ1n) is 6.67. The molecule has 0 saturated carbocycles. The van der Waals surface area contributed by atoms with Crippen LogP contribution < -0.4 is 10.1 Å². The Bertz CT molecular complexity index is 551.